The van der Waals surface area contributed by atoms with E-state index in [0.29, 0.717) is 10.8 Å². The van der Waals surface area contributed by atoms with Crippen molar-refractivity contribution in [3.8, 4) is 11.5 Å². The van der Waals surface area contributed by atoms with Crippen molar-refractivity contribution in [2.24, 2.45) is 0 Å². The van der Waals surface area contributed by atoms with Gasteiger partial charge >= 0.3 is 0 Å². The van der Waals surface area contributed by atoms with Gasteiger partial charge in [0, 0.05) is 10.4 Å². The van der Waals surface area contributed by atoms with Crippen LogP contribution in [-0.2, 0) is 11.3 Å². The number of imidazole rings is 1. The summed E-state index contributed by atoms with van der Waals surface area (Å²) in [6.45, 7) is 2.12. The molecule has 0 aliphatic carbocycles. The summed E-state index contributed by atoms with van der Waals surface area (Å²) >= 11 is 7.44. The van der Waals surface area contributed by atoms with Crippen molar-refractivity contribution in [3.05, 3.63) is 70.0 Å². The number of nitrogens with one attached hydrogen (secondary N) is 1. The third kappa shape index (κ3) is 3.72. The molecule has 136 valence electrons. The predicted octanol–water partition coefficient (Wildman–Crippen LogP) is 4.69. The number of nitrogens with zero attached hydrogens (tertiary/aromatic N) is 3. The molecule has 0 radical (unpaired) electrons. The third-order valence-electron chi connectivity index (χ3n) is 4.37. The lowest BCUT2D eigenvalue weighted by Crippen LogP contribution is -2.30. The zero-order valence-corrected chi connectivity index (χ0v) is 16.2. The highest BCUT2D eigenvalue weighted by Crippen LogP contribution is 2.25. The Labute approximate surface area is 165 Å². The van der Waals surface area contributed by atoms with Gasteiger partial charge in [-0.25, -0.2) is 9.97 Å². The normalized spacial score (nSPS) is 12.2. The van der Waals surface area contributed by atoms with Gasteiger partial charge in [-0.1, -0.05) is 35.9 Å². The molecule has 27 heavy (non-hydrogen) atoms. The van der Waals surface area contributed by atoms with Gasteiger partial charge in [0.2, 0.25) is 5.91 Å². The molecule has 4 rings (SSSR count). The lowest BCUT2D eigenvalue weighted by molar-refractivity contribution is -0.122. The first-order valence-electron chi connectivity index (χ1n) is 8.50. The Balaban J connectivity index is 1.60. The number of amides is 1. The minimum atomic E-state index is -0.118. The molecule has 0 saturated heterocycles. The lowest BCUT2D eigenvalue weighted by Gasteiger charge is -2.15. The molecule has 0 fully saturated rings. The molecule has 2 aromatic carbocycles. The highest BCUT2D eigenvalue weighted by Gasteiger charge is 2.17. The van der Waals surface area contributed by atoms with Crippen LogP contribution in [0.15, 0.2) is 59.4 Å². The first kappa shape index (κ1) is 17.7. The number of halogens is 1. The van der Waals surface area contributed by atoms with Crippen LogP contribution in [0.4, 0.5) is 0 Å². The van der Waals surface area contributed by atoms with Gasteiger partial charge in [0.1, 0.15) is 12.2 Å². The molecule has 1 amide bonds. The summed E-state index contributed by atoms with van der Waals surface area (Å²) in [5.74, 6) is 0.615. The molecule has 7 heteroatoms. The maximum Gasteiger partial charge on any atom is 0.240 e. The van der Waals surface area contributed by atoms with Crippen LogP contribution in [0.3, 0.4) is 0 Å². The number of rotatable bonds is 5. The monoisotopic (exact) mass is 396 g/mol. The number of aromatic nitrogens is 3. The van der Waals surface area contributed by atoms with Crippen molar-refractivity contribution in [1.29, 1.82) is 0 Å². The number of hydrogen-bond donors (Lipinski definition) is 1. The van der Waals surface area contributed by atoms with Gasteiger partial charge in [-0.05, 0) is 36.8 Å². The van der Waals surface area contributed by atoms with Crippen LogP contribution in [-0.4, -0.2) is 20.4 Å². The van der Waals surface area contributed by atoms with Crippen LogP contribution >= 0.6 is 22.9 Å². The van der Waals surface area contributed by atoms with Crippen molar-refractivity contribution in [3.63, 3.8) is 0 Å². The third-order valence-corrected chi connectivity index (χ3v) is 5.20. The van der Waals surface area contributed by atoms with E-state index in [0.717, 1.165) is 22.3 Å². The Kier molecular flexibility index (Phi) is 4.92. The van der Waals surface area contributed by atoms with E-state index in [-0.39, 0.29) is 18.5 Å². The van der Waals surface area contributed by atoms with Gasteiger partial charge in [0.05, 0.1) is 22.6 Å². The van der Waals surface area contributed by atoms with Crippen LogP contribution in [0.2, 0.25) is 5.02 Å². The highest BCUT2D eigenvalue weighted by atomic mass is 35.5. The molecule has 0 unspecified atom stereocenters. The van der Waals surface area contributed by atoms with E-state index in [1.165, 1.54) is 11.3 Å². The van der Waals surface area contributed by atoms with Crippen LogP contribution in [0, 0.1) is 0 Å². The van der Waals surface area contributed by atoms with Crippen LogP contribution < -0.4 is 5.32 Å². The molecular weight excluding hydrogens is 380 g/mol. The molecule has 5 nitrogen and oxygen atoms in total. The summed E-state index contributed by atoms with van der Waals surface area (Å²) in [7, 11) is 0. The molecule has 2 aromatic heterocycles. The fourth-order valence-corrected chi connectivity index (χ4v) is 3.68. The second kappa shape index (κ2) is 7.50. The molecule has 0 bridgehead atoms. The lowest BCUT2D eigenvalue weighted by atomic mass is 10.1. The first-order chi connectivity index (χ1) is 13.1. The number of benzene rings is 2. The van der Waals surface area contributed by atoms with E-state index in [1.807, 2.05) is 65.4 Å². The van der Waals surface area contributed by atoms with Crippen LogP contribution in [0.25, 0.3) is 22.6 Å². The smallest absolute Gasteiger partial charge is 0.240 e. The van der Waals surface area contributed by atoms with Gasteiger partial charge in [0.25, 0.3) is 0 Å². The average molecular weight is 397 g/mol. The standard InChI is InChI=1S/C20H17ClN4OS/c1-13(14-6-8-15(21)9-7-14)23-19(26)10-25-18-5-3-2-4-16(18)24-20(25)17-11-27-12-22-17/h2-9,11-13H,10H2,1H3,(H,23,26)/t13-/m0/s1. The van der Waals surface area contributed by atoms with Gasteiger partial charge in [0.15, 0.2) is 5.82 Å². The number of carbonyl (C=O) groups excluding carboxylic acids is 1. The number of carbonyl (C=O) groups is 1. The van der Waals surface area contributed by atoms with Crippen molar-refractivity contribution < 1.29 is 4.79 Å². The largest absolute Gasteiger partial charge is 0.348 e. The Hall–Kier alpha value is -2.70. The second-order valence-corrected chi connectivity index (χ2v) is 7.38. The minimum Gasteiger partial charge on any atom is -0.348 e. The summed E-state index contributed by atoms with van der Waals surface area (Å²) in [5.41, 5.74) is 5.30. The summed E-state index contributed by atoms with van der Waals surface area (Å²) in [6.07, 6.45) is 0. The number of thiazole rings is 1. The number of para-hydroxylation sites is 2. The highest BCUT2D eigenvalue weighted by molar-refractivity contribution is 7.07. The van der Waals surface area contributed by atoms with E-state index < -0.39 is 0 Å². The Morgan fingerprint density at radius 3 is 2.74 bits per heavy atom. The van der Waals surface area contributed by atoms with Crippen LogP contribution in [0.1, 0.15) is 18.5 Å². The van der Waals surface area contributed by atoms with Crippen molar-refractivity contribution in [2.75, 3.05) is 0 Å². The van der Waals surface area contributed by atoms with Crippen molar-refractivity contribution in [1.82, 2.24) is 19.9 Å². The molecule has 2 heterocycles. The average Bonchev–Trinajstić information content (AvgIpc) is 3.30. The van der Waals surface area contributed by atoms with Gasteiger partial charge < -0.3 is 9.88 Å². The zero-order chi connectivity index (χ0) is 18.8. The number of hydrogen-bond acceptors (Lipinski definition) is 4. The minimum absolute atomic E-state index is 0.0860. The van der Waals surface area contributed by atoms with Crippen LogP contribution in [0.5, 0.6) is 0 Å². The summed E-state index contributed by atoms with van der Waals surface area (Å²) in [6, 6.07) is 15.2. The summed E-state index contributed by atoms with van der Waals surface area (Å²) in [5, 5.41) is 5.66. The molecule has 0 aliphatic rings. The fourth-order valence-electron chi connectivity index (χ4n) is 3.02. The fraction of sp³-hybridized carbons (Fsp3) is 0.150. The SMILES string of the molecule is C[C@H](NC(=O)Cn1c(-c2cscn2)nc2ccccc21)c1ccc(Cl)cc1. The maximum atomic E-state index is 12.7. The molecule has 0 spiro atoms. The van der Waals surface area contributed by atoms with E-state index in [9.17, 15) is 4.79 Å². The van der Waals surface area contributed by atoms with Gasteiger partial charge in [-0.15, -0.1) is 11.3 Å². The summed E-state index contributed by atoms with van der Waals surface area (Å²) in [4.78, 5) is 21.7. The molecule has 0 saturated carbocycles. The first-order valence-corrected chi connectivity index (χ1v) is 9.82. The maximum absolute atomic E-state index is 12.7. The quantitative estimate of drug-likeness (QED) is 0.532. The van der Waals surface area contributed by atoms with Crippen molar-refractivity contribution in [2.45, 2.75) is 19.5 Å². The van der Waals surface area contributed by atoms with Gasteiger partial charge in [-0.3, -0.25) is 4.79 Å². The Morgan fingerprint density at radius 1 is 1.22 bits per heavy atom. The second-order valence-electron chi connectivity index (χ2n) is 6.22. The van der Waals surface area contributed by atoms with Gasteiger partial charge in [-0.2, -0.15) is 0 Å². The van der Waals surface area contributed by atoms with E-state index in [2.05, 4.69) is 15.3 Å². The van der Waals surface area contributed by atoms with E-state index >= 15 is 0 Å². The zero-order valence-electron chi connectivity index (χ0n) is 14.6. The predicted molar refractivity (Wildman–Crippen MR) is 109 cm³/mol. The van der Waals surface area contributed by atoms with E-state index in [4.69, 9.17) is 11.6 Å². The van der Waals surface area contributed by atoms with E-state index in [1.54, 1.807) is 5.51 Å². The molecule has 1 atom stereocenters. The molecular formula is C20H17ClN4OS. The molecule has 1 N–H and O–H groups in total. The Morgan fingerprint density at radius 2 is 2.00 bits per heavy atom. The Bertz CT molecular complexity index is 1070. The summed E-state index contributed by atoms with van der Waals surface area (Å²) < 4.78 is 1.91. The molecule has 4 aromatic rings. The molecule has 0 aliphatic heterocycles. The topological polar surface area (TPSA) is 59.8 Å². The number of fused-ring (bicyclic) bond motifs is 1. The van der Waals surface area contributed by atoms with Crippen molar-refractivity contribution >= 4 is 39.9 Å².